The van der Waals surface area contributed by atoms with Gasteiger partial charge in [0.15, 0.2) is 6.29 Å². The number of allylic oxidation sites excluding steroid dienone is 1. The second kappa shape index (κ2) is 5.94. The summed E-state index contributed by atoms with van der Waals surface area (Å²) in [5, 5.41) is 18.7. The van der Waals surface area contributed by atoms with E-state index < -0.39 is 0 Å². The Bertz CT molecular complexity index is 296. The molecule has 0 amide bonds. The molecule has 0 spiro atoms. The lowest BCUT2D eigenvalue weighted by Gasteiger charge is -2.27. The summed E-state index contributed by atoms with van der Waals surface area (Å²) in [4.78, 5) is 10.4. The first-order valence-corrected chi connectivity index (χ1v) is 4.71. The van der Waals surface area contributed by atoms with Crippen molar-refractivity contribution in [2.24, 2.45) is 5.92 Å². The predicted molar refractivity (Wildman–Crippen MR) is 54.4 cm³/mol. The molecule has 2 N–H and O–H groups in total. The first-order valence-electron chi connectivity index (χ1n) is 4.71. The maximum Gasteiger partial charge on any atom is 0.153 e. The minimum absolute atomic E-state index is 0.0985. The predicted octanol–water partition coefficient (Wildman–Crippen LogP) is 0.237. The minimum atomic E-state index is -0.103. The van der Waals surface area contributed by atoms with Crippen LogP contribution >= 0.6 is 0 Å². The van der Waals surface area contributed by atoms with E-state index in [0.29, 0.717) is 25.9 Å². The molecule has 0 aromatic rings. The van der Waals surface area contributed by atoms with E-state index in [1.54, 1.807) is 0 Å². The van der Waals surface area contributed by atoms with Gasteiger partial charge >= 0.3 is 0 Å². The lowest BCUT2D eigenvalue weighted by atomic mass is 9.97. The molecular weight excluding hydrogens is 194 g/mol. The fraction of sp³-hybridized carbons (Fsp3) is 0.500. The zero-order valence-corrected chi connectivity index (χ0v) is 8.27. The van der Waals surface area contributed by atoms with E-state index in [4.69, 9.17) is 15.4 Å². The summed E-state index contributed by atoms with van der Waals surface area (Å²) < 4.78 is 5.23. The Kier molecular flexibility index (Phi) is 4.51. The molecule has 5 nitrogen and oxygen atoms in total. The van der Waals surface area contributed by atoms with Crippen LogP contribution in [0.15, 0.2) is 11.8 Å². The van der Waals surface area contributed by atoms with Gasteiger partial charge in [0.2, 0.25) is 0 Å². The van der Waals surface area contributed by atoms with Gasteiger partial charge in [-0.05, 0) is 6.42 Å². The zero-order chi connectivity index (χ0) is 11.1. The van der Waals surface area contributed by atoms with Gasteiger partial charge in [0, 0.05) is 24.6 Å². The smallest absolute Gasteiger partial charge is 0.153 e. The summed E-state index contributed by atoms with van der Waals surface area (Å²) in [6, 6.07) is 2.10. The molecule has 0 aromatic heterocycles. The summed E-state index contributed by atoms with van der Waals surface area (Å²) >= 11 is 0. The lowest BCUT2D eigenvalue weighted by Crippen LogP contribution is -2.41. The number of ether oxygens (including phenoxy) is 1. The molecule has 0 saturated carbocycles. The van der Waals surface area contributed by atoms with Crippen molar-refractivity contribution in [3.05, 3.63) is 11.8 Å². The van der Waals surface area contributed by atoms with Gasteiger partial charge in [-0.2, -0.15) is 5.26 Å². The molecule has 1 heterocycles. The third-order valence-electron chi connectivity index (χ3n) is 2.29. The number of hydrogen-bond donors (Lipinski definition) is 2. The molecule has 0 aromatic carbocycles. The maximum atomic E-state index is 10.4. The van der Waals surface area contributed by atoms with Gasteiger partial charge < -0.3 is 15.5 Å². The van der Waals surface area contributed by atoms with Crippen LogP contribution in [-0.4, -0.2) is 31.8 Å². The largest absolute Gasteiger partial charge is 0.384 e. The van der Waals surface area contributed by atoms with Gasteiger partial charge in [-0.1, -0.05) is 0 Å². The van der Waals surface area contributed by atoms with Crippen molar-refractivity contribution in [2.75, 3.05) is 13.2 Å². The van der Waals surface area contributed by atoms with Crippen molar-refractivity contribution in [1.82, 2.24) is 5.32 Å². The van der Waals surface area contributed by atoms with Crippen molar-refractivity contribution in [3.63, 3.8) is 0 Å². The molecule has 1 rings (SSSR count). The number of aldehydes is 1. The molecule has 0 aliphatic carbocycles. The Balaban J connectivity index is 2.56. The normalized spacial score (nSPS) is 26.5. The zero-order valence-electron chi connectivity index (χ0n) is 8.27. The Morgan fingerprint density at radius 2 is 2.47 bits per heavy atom. The number of nitrogens with zero attached hydrogens (tertiary/aromatic N) is 1. The molecule has 5 heteroatoms. The molecule has 1 saturated heterocycles. The van der Waals surface area contributed by atoms with Crippen LogP contribution in [0.3, 0.4) is 0 Å². The van der Waals surface area contributed by atoms with Crippen molar-refractivity contribution in [2.45, 2.75) is 12.5 Å². The third kappa shape index (κ3) is 3.18. The number of carbonyl (C=O) groups excluding carboxylic acids is 1. The van der Waals surface area contributed by atoms with E-state index in [2.05, 4.69) is 11.4 Å². The van der Waals surface area contributed by atoms with Crippen molar-refractivity contribution in [3.8, 4) is 6.07 Å². The van der Waals surface area contributed by atoms with Crippen LogP contribution in [-0.2, 0) is 9.53 Å². The van der Waals surface area contributed by atoms with E-state index in [9.17, 15) is 4.79 Å². The van der Waals surface area contributed by atoms with E-state index >= 15 is 0 Å². The summed E-state index contributed by atoms with van der Waals surface area (Å²) in [6.45, 7) is 1.06. The average Bonchev–Trinajstić information content (AvgIpc) is 2.31. The molecule has 15 heavy (non-hydrogen) atoms. The second-order valence-corrected chi connectivity index (χ2v) is 3.28. The number of nitrogens with one attached hydrogen (secondary N) is 2. The van der Waals surface area contributed by atoms with Crippen molar-refractivity contribution < 1.29 is 9.53 Å². The topological polar surface area (TPSA) is 86.0 Å². The summed E-state index contributed by atoms with van der Waals surface area (Å²) in [5.74, 6) is -0.103. The van der Waals surface area contributed by atoms with E-state index in [1.807, 2.05) is 0 Å². The van der Waals surface area contributed by atoms with Gasteiger partial charge in [0.05, 0.1) is 24.6 Å². The molecule has 1 aliphatic heterocycles. The van der Waals surface area contributed by atoms with Crippen LogP contribution in [0.5, 0.6) is 0 Å². The molecule has 0 radical (unpaired) electrons. The monoisotopic (exact) mass is 207 g/mol. The highest BCUT2D eigenvalue weighted by Crippen LogP contribution is 2.14. The van der Waals surface area contributed by atoms with Gasteiger partial charge in [-0.25, -0.2) is 0 Å². The van der Waals surface area contributed by atoms with E-state index in [-0.39, 0.29) is 17.5 Å². The fourth-order valence-electron chi connectivity index (χ4n) is 1.37. The van der Waals surface area contributed by atoms with Gasteiger partial charge in [-0.15, -0.1) is 0 Å². The van der Waals surface area contributed by atoms with Gasteiger partial charge in [-0.3, -0.25) is 4.79 Å². The van der Waals surface area contributed by atoms with Crippen LogP contribution in [0.25, 0.3) is 0 Å². The first-order chi connectivity index (χ1) is 7.31. The van der Waals surface area contributed by atoms with E-state index in [0.717, 1.165) is 6.21 Å². The molecule has 1 aliphatic rings. The molecule has 2 unspecified atom stereocenters. The SMILES string of the molecule is N#CC1CCOCC1N/C=C(\C=N)C=O. The van der Waals surface area contributed by atoms with Gasteiger partial charge in [0.25, 0.3) is 0 Å². The Morgan fingerprint density at radius 3 is 3.07 bits per heavy atom. The quantitative estimate of drug-likeness (QED) is 0.392. The number of nitriles is 1. The lowest BCUT2D eigenvalue weighted by molar-refractivity contribution is -0.104. The average molecular weight is 207 g/mol. The summed E-state index contributed by atoms with van der Waals surface area (Å²) in [5.41, 5.74) is 0.247. The number of carbonyl (C=O) groups is 1. The fourth-order valence-corrected chi connectivity index (χ4v) is 1.37. The third-order valence-corrected chi connectivity index (χ3v) is 2.29. The standard InChI is InChI=1S/C10H13N3O2/c11-3-8(6-14)5-13-10-7-15-2-1-9(10)4-12/h3,5-6,9-11,13H,1-2,7H2/b8-5+,11-3?. The summed E-state index contributed by atoms with van der Waals surface area (Å²) in [6.07, 6.45) is 3.70. The minimum Gasteiger partial charge on any atom is -0.384 e. The van der Waals surface area contributed by atoms with Crippen molar-refractivity contribution in [1.29, 1.82) is 10.7 Å². The Morgan fingerprint density at radius 1 is 1.67 bits per heavy atom. The molecule has 1 fully saturated rings. The molecule has 0 bridgehead atoms. The molecular formula is C10H13N3O2. The number of rotatable bonds is 4. The van der Waals surface area contributed by atoms with Crippen LogP contribution in [0.4, 0.5) is 0 Å². The van der Waals surface area contributed by atoms with Crippen LogP contribution in [0.1, 0.15) is 6.42 Å². The second-order valence-electron chi connectivity index (χ2n) is 3.28. The molecule has 2 atom stereocenters. The highest BCUT2D eigenvalue weighted by atomic mass is 16.5. The van der Waals surface area contributed by atoms with Gasteiger partial charge in [0.1, 0.15) is 0 Å². The van der Waals surface area contributed by atoms with Crippen LogP contribution in [0.2, 0.25) is 0 Å². The Labute approximate surface area is 88.2 Å². The number of hydrogen-bond acceptors (Lipinski definition) is 5. The van der Waals surface area contributed by atoms with E-state index in [1.165, 1.54) is 6.20 Å². The summed E-state index contributed by atoms with van der Waals surface area (Å²) in [7, 11) is 0. The molecule has 80 valence electrons. The Hall–Kier alpha value is -1.67. The van der Waals surface area contributed by atoms with Crippen molar-refractivity contribution >= 4 is 12.5 Å². The van der Waals surface area contributed by atoms with Crippen LogP contribution in [0, 0.1) is 22.7 Å². The first kappa shape index (κ1) is 11.4. The highest BCUT2D eigenvalue weighted by molar-refractivity contribution is 6.00. The maximum absolute atomic E-state index is 10.4. The highest BCUT2D eigenvalue weighted by Gasteiger charge is 2.24. The van der Waals surface area contributed by atoms with Crippen LogP contribution < -0.4 is 5.32 Å².